The van der Waals surface area contributed by atoms with Crippen molar-refractivity contribution < 1.29 is 27.4 Å². The van der Waals surface area contributed by atoms with Crippen LogP contribution in [-0.4, -0.2) is 56.4 Å². The first kappa shape index (κ1) is 25.3. The summed E-state index contributed by atoms with van der Waals surface area (Å²) in [7, 11) is 1.69. The predicted molar refractivity (Wildman–Crippen MR) is 115 cm³/mol. The van der Waals surface area contributed by atoms with Crippen molar-refractivity contribution in [2.24, 2.45) is 10.9 Å². The van der Waals surface area contributed by atoms with Gasteiger partial charge in [0.25, 0.3) is 0 Å². The van der Waals surface area contributed by atoms with Crippen LogP contribution in [0.4, 0.5) is 13.2 Å². The van der Waals surface area contributed by atoms with Gasteiger partial charge < -0.3 is 19.7 Å². The molecule has 6 nitrogen and oxygen atoms in total. The maximum Gasteiger partial charge on any atom is 0.422 e. The van der Waals surface area contributed by atoms with Gasteiger partial charge in [0.1, 0.15) is 5.75 Å². The Labute approximate surface area is 185 Å². The fourth-order valence-corrected chi connectivity index (χ4v) is 2.97. The number of rotatable bonds is 6. The lowest BCUT2D eigenvalue weighted by Crippen LogP contribution is -2.46. The predicted octanol–water partition coefficient (Wildman–Crippen LogP) is 3.60. The van der Waals surface area contributed by atoms with Gasteiger partial charge in [-0.3, -0.25) is 9.79 Å². The first-order valence-electron chi connectivity index (χ1n) is 9.23. The quantitative estimate of drug-likeness (QED) is 0.264. The number of aliphatic imine (C=N–C) groups is 1. The number of benzene rings is 1. The summed E-state index contributed by atoms with van der Waals surface area (Å²) < 4.78 is 46.3. The number of carbonyl (C=O) groups is 1. The summed E-state index contributed by atoms with van der Waals surface area (Å²) in [6.07, 6.45) is -2.93. The Kier molecular flexibility index (Phi) is 10.5. The number of guanidine groups is 1. The van der Waals surface area contributed by atoms with Gasteiger partial charge in [-0.05, 0) is 37.5 Å². The molecule has 0 amide bonds. The molecule has 0 atom stereocenters. The van der Waals surface area contributed by atoms with E-state index in [4.69, 9.17) is 9.47 Å². The standard InChI is InChI=1S/C19H26F3N3O3.HI/c1-3-27-17(26)15-8-10-25(11-9-15)18(23-2)24-12-14-4-6-16(7-5-14)28-13-19(20,21)22;/h4-7,15H,3,8-13H2,1-2H3,(H,23,24);1H. The molecule has 0 aliphatic carbocycles. The zero-order valence-electron chi connectivity index (χ0n) is 16.5. The van der Waals surface area contributed by atoms with E-state index in [1.165, 1.54) is 12.1 Å². The molecule has 0 unspecified atom stereocenters. The minimum absolute atomic E-state index is 0. The number of alkyl halides is 3. The van der Waals surface area contributed by atoms with Crippen LogP contribution in [0.3, 0.4) is 0 Å². The van der Waals surface area contributed by atoms with Gasteiger partial charge in [0.05, 0.1) is 12.5 Å². The minimum atomic E-state index is -4.35. The fraction of sp³-hybridized carbons (Fsp3) is 0.579. The third kappa shape index (κ3) is 8.67. The van der Waals surface area contributed by atoms with Crippen molar-refractivity contribution in [3.63, 3.8) is 0 Å². The van der Waals surface area contributed by atoms with Crippen LogP contribution in [0.25, 0.3) is 0 Å². The first-order chi connectivity index (χ1) is 13.3. The Hall–Kier alpha value is -1.72. The molecule has 10 heteroatoms. The van der Waals surface area contributed by atoms with E-state index in [0.717, 1.165) is 11.5 Å². The lowest BCUT2D eigenvalue weighted by molar-refractivity contribution is -0.153. The molecule has 0 spiro atoms. The summed E-state index contributed by atoms with van der Waals surface area (Å²) in [5, 5.41) is 3.24. The summed E-state index contributed by atoms with van der Waals surface area (Å²) >= 11 is 0. The molecular weight excluding hydrogens is 502 g/mol. The van der Waals surface area contributed by atoms with E-state index in [9.17, 15) is 18.0 Å². The summed E-state index contributed by atoms with van der Waals surface area (Å²) in [5.41, 5.74) is 0.891. The van der Waals surface area contributed by atoms with Crippen LogP contribution >= 0.6 is 24.0 Å². The van der Waals surface area contributed by atoms with Crippen molar-refractivity contribution in [1.82, 2.24) is 10.2 Å². The largest absolute Gasteiger partial charge is 0.484 e. The molecule has 1 aliphatic heterocycles. The summed E-state index contributed by atoms with van der Waals surface area (Å²) in [5.74, 6) is 0.683. The molecule has 1 saturated heterocycles. The number of likely N-dealkylation sites (tertiary alicyclic amines) is 1. The Bertz CT molecular complexity index is 661. The van der Waals surface area contributed by atoms with Crippen molar-refractivity contribution in [3.05, 3.63) is 29.8 Å². The van der Waals surface area contributed by atoms with Gasteiger partial charge in [-0.25, -0.2) is 0 Å². The zero-order chi connectivity index (χ0) is 20.6. The maximum absolute atomic E-state index is 12.2. The van der Waals surface area contributed by atoms with E-state index in [2.05, 4.69) is 15.2 Å². The Morgan fingerprint density at radius 1 is 1.24 bits per heavy atom. The molecule has 1 heterocycles. The molecule has 29 heavy (non-hydrogen) atoms. The van der Waals surface area contributed by atoms with Crippen LogP contribution < -0.4 is 10.1 Å². The number of hydrogen-bond donors (Lipinski definition) is 1. The zero-order valence-corrected chi connectivity index (χ0v) is 18.8. The van der Waals surface area contributed by atoms with Crippen LogP contribution in [0.1, 0.15) is 25.3 Å². The fourth-order valence-electron chi connectivity index (χ4n) is 2.97. The third-order valence-electron chi connectivity index (χ3n) is 4.40. The van der Waals surface area contributed by atoms with Crippen molar-refractivity contribution in [2.75, 3.05) is 33.4 Å². The molecule has 2 rings (SSSR count). The van der Waals surface area contributed by atoms with E-state index in [1.807, 2.05) is 0 Å². The number of carbonyl (C=O) groups excluding carboxylic acids is 1. The highest BCUT2D eigenvalue weighted by Crippen LogP contribution is 2.20. The van der Waals surface area contributed by atoms with Crippen LogP contribution in [0.15, 0.2) is 29.3 Å². The minimum Gasteiger partial charge on any atom is -0.484 e. The van der Waals surface area contributed by atoms with E-state index in [0.29, 0.717) is 39.1 Å². The van der Waals surface area contributed by atoms with E-state index >= 15 is 0 Å². The van der Waals surface area contributed by atoms with E-state index in [1.54, 1.807) is 26.1 Å². The van der Waals surface area contributed by atoms with E-state index in [-0.39, 0.29) is 41.6 Å². The summed E-state index contributed by atoms with van der Waals surface area (Å²) in [4.78, 5) is 18.2. The summed E-state index contributed by atoms with van der Waals surface area (Å²) in [6.45, 7) is 2.76. The van der Waals surface area contributed by atoms with Crippen LogP contribution in [0.2, 0.25) is 0 Å². The van der Waals surface area contributed by atoms with Gasteiger partial charge in [-0.2, -0.15) is 13.2 Å². The highest BCUT2D eigenvalue weighted by molar-refractivity contribution is 14.0. The molecule has 0 saturated carbocycles. The molecule has 1 aliphatic rings. The van der Waals surface area contributed by atoms with Gasteiger partial charge in [0.15, 0.2) is 12.6 Å². The Balaban J connectivity index is 0.00000420. The smallest absolute Gasteiger partial charge is 0.422 e. The second kappa shape index (κ2) is 12.1. The molecule has 1 fully saturated rings. The van der Waals surface area contributed by atoms with Crippen molar-refractivity contribution in [1.29, 1.82) is 0 Å². The van der Waals surface area contributed by atoms with Gasteiger partial charge in [0.2, 0.25) is 0 Å². The molecule has 0 radical (unpaired) electrons. The second-order valence-electron chi connectivity index (χ2n) is 6.46. The van der Waals surface area contributed by atoms with Crippen molar-refractivity contribution in [3.8, 4) is 5.75 Å². The van der Waals surface area contributed by atoms with Gasteiger partial charge in [0, 0.05) is 26.7 Å². The number of hydrogen-bond acceptors (Lipinski definition) is 4. The molecule has 1 aromatic rings. The SMILES string of the molecule is CCOC(=O)C1CCN(C(=NC)NCc2ccc(OCC(F)(F)F)cc2)CC1.I. The highest BCUT2D eigenvalue weighted by Gasteiger charge is 2.28. The molecule has 1 N–H and O–H groups in total. The lowest BCUT2D eigenvalue weighted by Gasteiger charge is -2.33. The number of nitrogens with zero attached hydrogens (tertiary/aromatic N) is 2. The maximum atomic E-state index is 12.2. The number of halogens is 4. The average Bonchev–Trinajstić information content (AvgIpc) is 2.68. The highest BCUT2D eigenvalue weighted by atomic mass is 127. The average molecular weight is 529 g/mol. The molecule has 1 aromatic carbocycles. The molecule has 0 bridgehead atoms. The molecule has 164 valence electrons. The number of esters is 1. The van der Waals surface area contributed by atoms with Gasteiger partial charge in [-0.1, -0.05) is 12.1 Å². The van der Waals surface area contributed by atoms with Crippen LogP contribution in [0, 0.1) is 5.92 Å². The molecular formula is C19H27F3IN3O3. The summed E-state index contributed by atoms with van der Waals surface area (Å²) in [6, 6.07) is 6.44. The van der Waals surface area contributed by atoms with Gasteiger partial charge >= 0.3 is 12.1 Å². The molecule has 0 aromatic heterocycles. The van der Waals surface area contributed by atoms with Crippen LogP contribution in [-0.2, 0) is 16.1 Å². The topological polar surface area (TPSA) is 63.2 Å². The third-order valence-corrected chi connectivity index (χ3v) is 4.40. The van der Waals surface area contributed by atoms with Crippen molar-refractivity contribution >= 4 is 35.9 Å². The van der Waals surface area contributed by atoms with Crippen LogP contribution in [0.5, 0.6) is 5.75 Å². The monoisotopic (exact) mass is 529 g/mol. The Morgan fingerprint density at radius 2 is 1.86 bits per heavy atom. The van der Waals surface area contributed by atoms with Gasteiger partial charge in [-0.15, -0.1) is 24.0 Å². The number of nitrogens with one attached hydrogen (secondary N) is 1. The second-order valence-corrected chi connectivity index (χ2v) is 6.46. The normalized spacial score (nSPS) is 15.5. The van der Waals surface area contributed by atoms with E-state index < -0.39 is 12.8 Å². The first-order valence-corrected chi connectivity index (χ1v) is 9.23. The van der Waals surface area contributed by atoms with Crippen molar-refractivity contribution in [2.45, 2.75) is 32.5 Å². The number of piperidine rings is 1. The lowest BCUT2D eigenvalue weighted by atomic mass is 9.97. The number of ether oxygens (including phenoxy) is 2. The Morgan fingerprint density at radius 3 is 2.38 bits per heavy atom.